The minimum atomic E-state index is -1.12. The van der Waals surface area contributed by atoms with Crippen molar-refractivity contribution in [2.75, 3.05) is 0 Å². The van der Waals surface area contributed by atoms with Crippen molar-refractivity contribution in [2.45, 2.75) is 18.9 Å². The molecule has 0 saturated heterocycles. The zero-order valence-electron chi connectivity index (χ0n) is 10.9. The average Bonchev–Trinajstić information content (AvgIpc) is 2.44. The van der Waals surface area contributed by atoms with Crippen molar-refractivity contribution in [1.29, 1.82) is 5.26 Å². The van der Waals surface area contributed by atoms with Gasteiger partial charge in [0.2, 0.25) is 0 Å². The molecule has 102 valence electrons. The fraction of sp³-hybridized carbons (Fsp3) is 0.188. The van der Waals surface area contributed by atoms with Crippen molar-refractivity contribution < 1.29 is 5.11 Å². The molecule has 2 nitrogen and oxygen atoms in total. The van der Waals surface area contributed by atoms with Crippen molar-refractivity contribution in [3.8, 4) is 6.07 Å². The maximum atomic E-state index is 10.7. The average molecular weight is 306 g/mol. The number of rotatable bonds is 3. The van der Waals surface area contributed by atoms with E-state index >= 15 is 0 Å². The molecule has 0 spiro atoms. The highest BCUT2D eigenvalue weighted by molar-refractivity contribution is 6.42. The largest absolute Gasteiger partial charge is 0.385 e. The number of aliphatic hydroxyl groups is 1. The van der Waals surface area contributed by atoms with E-state index in [1.807, 2.05) is 6.07 Å². The Bertz CT molecular complexity index is 674. The molecular formula is C16H13Cl2NO. The fourth-order valence-electron chi connectivity index (χ4n) is 2.08. The summed E-state index contributed by atoms with van der Waals surface area (Å²) in [5, 5.41) is 20.5. The van der Waals surface area contributed by atoms with Gasteiger partial charge >= 0.3 is 0 Å². The van der Waals surface area contributed by atoms with E-state index in [1.54, 1.807) is 43.3 Å². The third-order valence-electron chi connectivity index (χ3n) is 3.18. The lowest BCUT2D eigenvalue weighted by Gasteiger charge is -2.25. The normalized spacial score (nSPS) is 13.6. The maximum Gasteiger partial charge on any atom is 0.0991 e. The Balaban J connectivity index is 2.35. The number of hydrogen-bond donors (Lipinski definition) is 1. The van der Waals surface area contributed by atoms with Gasteiger partial charge in [-0.3, -0.25) is 0 Å². The van der Waals surface area contributed by atoms with Crippen molar-refractivity contribution >= 4 is 23.2 Å². The van der Waals surface area contributed by atoms with E-state index in [1.165, 1.54) is 0 Å². The van der Waals surface area contributed by atoms with E-state index < -0.39 is 5.60 Å². The molecule has 0 aliphatic rings. The highest BCUT2D eigenvalue weighted by atomic mass is 35.5. The van der Waals surface area contributed by atoms with Gasteiger partial charge in [0, 0.05) is 6.42 Å². The molecule has 0 aliphatic heterocycles. The molecule has 2 aromatic carbocycles. The topological polar surface area (TPSA) is 44.0 Å². The molecule has 1 atom stereocenters. The lowest BCUT2D eigenvalue weighted by Crippen LogP contribution is -2.24. The van der Waals surface area contributed by atoms with E-state index in [4.69, 9.17) is 28.5 Å². The number of hydrogen-bond acceptors (Lipinski definition) is 2. The first-order chi connectivity index (χ1) is 9.44. The highest BCUT2D eigenvalue weighted by Crippen LogP contribution is 2.32. The Hall–Kier alpha value is -1.53. The molecule has 2 aromatic rings. The minimum Gasteiger partial charge on any atom is -0.385 e. The number of nitriles is 1. The van der Waals surface area contributed by atoms with Gasteiger partial charge in [0.15, 0.2) is 0 Å². The summed E-state index contributed by atoms with van der Waals surface area (Å²) in [4.78, 5) is 0. The number of nitrogens with zero attached hydrogens (tertiary/aromatic N) is 1. The van der Waals surface area contributed by atoms with Gasteiger partial charge in [0.05, 0.1) is 27.3 Å². The SMILES string of the molecule is CC(O)(Cc1cccc(Cl)c1Cl)c1cccc(C#N)c1. The summed E-state index contributed by atoms with van der Waals surface area (Å²) < 4.78 is 0. The summed E-state index contributed by atoms with van der Waals surface area (Å²) in [5.41, 5.74) is 0.834. The van der Waals surface area contributed by atoms with Crippen LogP contribution in [0.4, 0.5) is 0 Å². The molecule has 0 heterocycles. The van der Waals surface area contributed by atoms with Gasteiger partial charge in [-0.05, 0) is 36.2 Å². The maximum absolute atomic E-state index is 10.7. The van der Waals surface area contributed by atoms with E-state index in [0.29, 0.717) is 27.6 Å². The third kappa shape index (κ3) is 3.13. The Morgan fingerprint density at radius 2 is 1.90 bits per heavy atom. The van der Waals surface area contributed by atoms with Gasteiger partial charge < -0.3 is 5.11 Å². The second-order valence-corrected chi connectivity index (χ2v) is 5.64. The second kappa shape index (κ2) is 5.85. The zero-order chi connectivity index (χ0) is 14.8. The Kier molecular flexibility index (Phi) is 4.35. The van der Waals surface area contributed by atoms with Crippen molar-refractivity contribution in [3.63, 3.8) is 0 Å². The van der Waals surface area contributed by atoms with Crippen LogP contribution in [0.3, 0.4) is 0 Å². The highest BCUT2D eigenvalue weighted by Gasteiger charge is 2.25. The molecule has 0 aromatic heterocycles. The van der Waals surface area contributed by atoms with Crippen molar-refractivity contribution in [3.05, 3.63) is 69.2 Å². The van der Waals surface area contributed by atoms with Gasteiger partial charge in [-0.1, -0.05) is 47.5 Å². The molecule has 2 rings (SSSR count). The van der Waals surface area contributed by atoms with Crippen LogP contribution in [0.5, 0.6) is 0 Å². The van der Waals surface area contributed by atoms with Crippen LogP contribution in [0.2, 0.25) is 10.0 Å². The quantitative estimate of drug-likeness (QED) is 0.918. The molecule has 0 saturated carbocycles. The molecule has 0 fully saturated rings. The van der Waals surface area contributed by atoms with Crippen molar-refractivity contribution in [1.82, 2.24) is 0 Å². The van der Waals surface area contributed by atoms with Crippen LogP contribution in [-0.4, -0.2) is 5.11 Å². The molecule has 1 unspecified atom stereocenters. The zero-order valence-corrected chi connectivity index (χ0v) is 12.4. The fourth-order valence-corrected chi connectivity index (χ4v) is 2.47. The van der Waals surface area contributed by atoms with Gasteiger partial charge in [-0.15, -0.1) is 0 Å². The number of halogens is 2. The smallest absolute Gasteiger partial charge is 0.0991 e. The van der Waals surface area contributed by atoms with Crippen LogP contribution in [0.1, 0.15) is 23.6 Å². The van der Waals surface area contributed by atoms with E-state index in [0.717, 1.165) is 5.56 Å². The van der Waals surface area contributed by atoms with E-state index in [2.05, 4.69) is 6.07 Å². The molecule has 1 N–H and O–H groups in total. The van der Waals surface area contributed by atoms with Crippen LogP contribution < -0.4 is 0 Å². The summed E-state index contributed by atoms with van der Waals surface area (Å²) in [7, 11) is 0. The molecule has 0 amide bonds. The van der Waals surface area contributed by atoms with Gasteiger partial charge in [0.1, 0.15) is 0 Å². The molecule has 0 bridgehead atoms. The first-order valence-corrected chi connectivity index (χ1v) is 6.85. The molecular weight excluding hydrogens is 293 g/mol. The molecule has 20 heavy (non-hydrogen) atoms. The lowest BCUT2D eigenvalue weighted by molar-refractivity contribution is 0.0576. The third-order valence-corrected chi connectivity index (χ3v) is 4.04. The monoisotopic (exact) mass is 305 g/mol. The first-order valence-electron chi connectivity index (χ1n) is 6.10. The van der Waals surface area contributed by atoms with Gasteiger partial charge in [-0.2, -0.15) is 5.26 Å². The Morgan fingerprint density at radius 3 is 2.60 bits per heavy atom. The number of benzene rings is 2. The summed E-state index contributed by atoms with van der Waals surface area (Å²) >= 11 is 12.1. The van der Waals surface area contributed by atoms with E-state index in [-0.39, 0.29) is 0 Å². The first kappa shape index (κ1) is 14.9. The molecule has 0 radical (unpaired) electrons. The van der Waals surface area contributed by atoms with Gasteiger partial charge in [-0.25, -0.2) is 0 Å². The lowest BCUT2D eigenvalue weighted by atomic mass is 9.88. The second-order valence-electron chi connectivity index (χ2n) is 4.86. The molecule has 4 heteroatoms. The predicted octanol–water partition coefficient (Wildman–Crippen LogP) is 4.32. The summed E-state index contributed by atoms with van der Waals surface area (Å²) in [6.45, 7) is 1.70. The van der Waals surface area contributed by atoms with Crippen LogP contribution in [0, 0.1) is 11.3 Å². The summed E-state index contributed by atoms with van der Waals surface area (Å²) in [5.74, 6) is 0. The molecule has 0 aliphatic carbocycles. The van der Waals surface area contributed by atoms with Crippen LogP contribution in [0.25, 0.3) is 0 Å². The Morgan fingerprint density at radius 1 is 1.20 bits per heavy atom. The summed E-state index contributed by atoms with van der Waals surface area (Å²) in [6, 6.07) is 14.3. The Labute approximate surface area is 128 Å². The van der Waals surface area contributed by atoms with Crippen LogP contribution >= 0.6 is 23.2 Å². The minimum absolute atomic E-state index is 0.321. The summed E-state index contributed by atoms with van der Waals surface area (Å²) in [6.07, 6.45) is 0.321. The van der Waals surface area contributed by atoms with Crippen LogP contribution in [0.15, 0.2) is 42.5 Å². The predicted molar refractivity (Wildman–Crippen MR) is 80.9 cm³/mol. The standard InChI is InChI=1S/C16H13Cl2NO/c1-16(20,13-6-2-4-11(8-13)10-19)9-12-5-3-7-14(17)15(12)18/h2-8,20H,9H2,1H3. The van der Waals surface area contributed by atoms with Crippen LogP contribution in [-0.2, 0) is 12.0 Å². The van der Waals surface area contributed by atoms with E-state index in [9.17, 15) is 5.11 Å². The van der Waals surface area contributed by atoms with Crippen molar-refractivity contribution in [2.24, 2.45) is 0 Å². The van der Waals surface area contributed by atoms with Gasteiger partial charge in [0.25, 0.3) is 0 Å².